The summed E-state index contributed by atoms with van der Waals surface area (Å²) in [7, 11) is 0. The van der Waals surface area contributed by atoms with E-state index < -0.39 is 23.4 Å². The van der Waals surface area contributed by atoms with Gasteiger partial charge < -0.3 is 10.2 Å². The molecule has 2 heterocycles. The second-order valence-electron chi connectivity index (χ2n) is 6.49. The summed E-state index contributed by atoms with van der Waals surface area (Å²) in [6.07, 6.45) is 3.33. The average Bonchev–Trinajstić information content (AvgIpc) is 2.84. The number of amides is 4. The number of fused-ring (bicyclic) bond motifs is 2. The van der Waals surface area contributed by atoms with Crippen LogP contribution in [-0.4, -0.2) is 24.4 Å². The fraction of sp³-hybridized carbons (Fsp3) is 0.438. The first-order valence-electron chi connectivity index (χ1n) is 7.69. The van der Waals surface area contributed by atoms with Gasteiger partial charge in [0.15, 0.2) is 0 Å². The van der Waals surface area contributed by atoms with Crippen LogP contribution in [0.5, 0.6) is 0 Å². The van der Waals surface area contributed by atoms with Crippen LogP contribution in [0, 0.1) is 12.8 Å². The summed E-state index contributed by atoms with van der Waals surface area (Å²) in [5, 5.41) is 5.15. The van der Waals surface area contributed by atoms with Gasteiger partial charge in [-0.1, -0.05) is 18.0 Å². The number of hydrogen-bond acceptors (Lipinski definition) is 3. The minimum absolute atomic E-state index is 0.395. The Labute approximate surface area is 138 Å². The molecule has 1 atom stereocenters. The summed E-state index contributed by atoms with van der Waals surface area (Å²) >= 11 is 6.14. The van der Waals surface area contributed by atoms with Crippen molar-refractivity contribution >= 4 is 35.1 Å². The summed E-state index contributed by atoms with van der Waals surface area (Å²) < 4.78 is 0. The van der Waals surface area contributed by atoms with E-state index in [1.165, 1.54) is 6.42 Å². The highest BCUT2D eigenvalue weighted by atomic mass is 35.5. The zero-order valence-electron chi connectivity index (χ0n) is 12.6. The van der Waals surface area contributed by atoms with Gasteiger partial charge in [0.2, 0.25) is 5.54 Å². The van der Waals surface area contributed by atoms with E-state index in [1.54, 1.807) is 17.0 Å². The fourth-order valence-electron chi connectivity index (χ4n) is 3.70. The highest BCUT2D eigenvalue weighted by molar-refractivity contribution is 6.32. The van der Waals surface area contributed by atoms with Crippen LogP contribution in [-0.2, 0) is 15.1 Å². The van der Waals surface area contributed by atoms with Crippen LogP contribution in [0.2, 0.25) is 5.02 Å². The summed E-state index contributed by atoms with van der Waals surface area (Å²) in [6, 6.07) is 2.72. The molecule has 0 radical (unpaired) electrons. The van der Waals surface area contributed by atoms with Crippen molar-refractivity contribution in [3.05, 3.63) is 28.3 Å². The van der Waals surface area contributed by atoms with Gasteiger partial charge in [0.25, 0.3) is 11.8 Å². The van der Waals surface area contributed by atoms with E-state index in [0.29, 0.717) is 28.7 Å². The first kappa shape index (κ1) is 14.5. The van der Waals surface area contributed by atoms with Gasteiger partial charge in [0.1, 0.15) is 0 Å². The number of benzene rings is 1. The molecule has 1 unspecified atom stereocenters. The quantitative estimate of drug-likeness (QED) is 0.640. The number of imide groups is 1. The lowest BCUT2D eigenvalue weighted by Crippen LogP contribution is -2.53. The van der Waals surface area contributed by atoms with Crippen molar-refractivity contribution in [3.8, 4) is 0 Å². The average molecular weight is 334 g/mol. The smallest absolute Gasteiger partial charge is 0.312 e. The second-order valence-corrected chi connectivity index (χ2v) is 6.93. The van der Waals surface area contributed by atoms with Gasteiger partial charge >= 0.3 is 6.03 Å². The lowest BCUT2D eigenvalue weighted by molar-refractivity contribution is -0.134. The fourth-order valence-corrected chi connectivity index (χ4v) is 3.97. The van der Waals surface area contributed by atoms with Gasteiger partial charge in [0.05, 0.1) is 5.69 Å². The Bertz CT molecular complexity index is 759. The maximum absolute atomic E-state index is 13.1. The normalized spacial score (nSPS) is 26.3. The SMILES string of the molecule is Cc1cc(Cl)cc2c1N(CC1CCC1)C(=O)C21NC(=O)NC1=O. The number of hydrogen-bond donors (Lipinski definition) is 2. The molecule has 0 bridgehead atoms. The molecular formula is C16H16ClN3O3. The number of aryl methyl sites for hydroxylation is 1. The molecule has 1 saturated heterocycles. The minimum Gasteiger partial charge on any atom is -0.312 e. The van der Waals surface area contributed by atoms with Crippen LogP contribution in [0.15, 0.2) is 12.1 Å². The number of rotatable bonds is 2. The number of anilines is 1. The predicted molar refractivity (Wildman–Crippen MR) is 84.2 cm³/mol. The number of carbonyl (C=O) groups is 3. The molecule has 2 fully saturated rings. The van der Waals surface area contributed by atoms with Crippen molar-refractivity contribution in [1.82, 2.24) is 10.6 Å². The van der Waals surface area contributed by atoms with E-state index >= 15 is 0 Å². The molecule has 2 N–H and O–H groups in total. The maximum Gasteiger partial charge on any atom is 0.323 e. The Hall–Kier alpha value is -2.08. The Balaban J connectivity index is 1.89. The third-order valence-electron chi connectivity index (χ3n) is 5.04. The molecule has 1 aromatic rings. The highest BCUT2D eigenvalue weighted by Gasteiger charge is 2.61. The van der Waals surface area contributed by atoms with Crippen molar-refractivity contribution < 1.29 is 14.4 Å². The van der Waals surface area contributed by atoms with Crippen LogP contribution < -0.4 is 15.5 Å². The van der Waals surface area contributed by atoms with Gasteiger partial charge in [-0.15, -0.1) is 0 Å². The molecule has 120 valence electrons. The molecule has 23 heavy (non-hydrogen) atoms. The van der Waals surface area contributed by atoms with Crippen LogP contribution >= 0.6 is 11.6 Å². The molecule has 7 heteroatoms. The molecule has 2 aliphatic heterocycles. The predicted octanol–water partition coefficient (Wildman–Crippen LogP) is 1.83. The van der Waals surface area contributed by atoms with Crippen LogP contribution in [0.1, 0.15) is 30.4 Å². The highest BCUT2D eigenvalue weighted by Crippen LogP contribution is 2.46. The number of carbonyl (C=O) groups excluding carboxylic acids is 3. The minimum atomic E-state index is -1.67. The van der Waals surface area contributed by atoms with Gasteiger partial charge in [-0.2, -0.15) is 0 Å². The summed E-state index contributed by atoms with van der Waals surface area (Å²) in [6.45, 7) is 2.43. The van der Waals surface area contributed by atoms with E-state index in [-0.39, 0.29) is 0 Å². The topological polar surface area (TPSA) is 78.5 Å². The zero-order chi connectivity index (χ0) is 16.4. The number of nitrogens with zero attached hydrogens (tertiary/aromatic N) is 1. The Morgan fingerprint density at radius 2 is 2.04 bits per heavy atom. The van der Waals surface area contributed by atoms with E-state index in [0.717, 1.165) is 18.4 Å². The largest absolute Gasteiger partial charge is 0.323 e. The molecule has 1 aliphatic carbocycles. The number of urea groups is 1. The van der Waals surface area contributed by atoms with Crippen molar-refractivity contribution in [3.63, 3.8) is 0 Å². The summed E-state index contributed by atoms with van der Waals surface area (Å²) in [4.78, 5) is 38.9. The third-order valence-corrected chi connectivity index (χ3v) is 5.26. The van der Waals surface area contributed by atoms with E-state index in [2.05, 4.69) is 10.6 Å². The van der Waals surface area contributed by atoms with Crippen LogP contribution in [0.4, 0.5) is 10.5 Å². The molecule has 4 amide bonds. The van der Waals surface area contributed by atoms with E-state index in [9.17, 15) is 14.4 Å². The Morgan fingerprint density at radius 3 is 2.61 bits per heavy atom. The molecule has 1 spiro atoms. The molecular weight excluding hydrogens is 318 g/mol. The zero-order valence-corrected chi connectivity index (χ0v) is 13.4. The number of nitrogens with one attached hydrogen (secondary N) is 2. The maximum atomic E-state index is 13.1. The molecule has 6 nitrogen and oxygen atoms in total. The van der Waals surface area contributed by atoms with Crippen molar-refractivity contribution in [2.75, 3.05) is 11.4 Å². The summed E-state index contributed by atoms with van der Waals surface area (Å²) in [5.41, 5.74) is 0.316. The van der Waals surface area contributed by atoms with Crippen molar-refractivity contribution in [2.45, 2.75) is 31.7 Å². The standard InChI is InChI=1S/C16H16ClN3O3/c1-8-5-10(17)6-11-12(8)20(7-9-3-2-4-9)14(22)16(11)13(21)18-15(23)19-16/h5-6,9H,2-4,7H2,1H3,(H2,18,19,21,23). The van der Waals surface area contributed by atoms with Crippen molar-refractivity contribution in [1.29, 1.82) is 0 Å². The molecule has 1 aromatic carbocycles. The van der Waals surface area contributed by atoms with Gasteiger partial charge in [-0.3, -0.25) is 14.9 Å². The Morgan fingerprint density at radius 1 is 1.30 bits per heavy atom. The van der Waals surface area contributed by atoms with Crippen LogP contribution in [0.25, 0.3) is 0 Å². The molecule has 0 aromatic heterocycles. The van der Waals surface area contributed by atoms with Gasteiger partial charge in [-0.05, 0) is 43.4 Å². The first-order valence-corrected chi connectivity index (χ1v) is 8.07. The second kappa shape index (κ2) is 4.71. The lowest BCUT2D eigenvalue weighted by atomic mass is 9.85. The first-order chi connectivity index (χ1) is 10.9. The molecule has 1 saturated carbocycles. The summed E-state index contributed by atoms with van der Waals surface area (Å²) in [5.74, 6) is -0.586. The Kier molecular flexibility index (Phi) is 2.97. The lowest BCUT2D eigenvalue weighted by Gasteiger charge is -2.31. The van der Waals surface area contributed by atoms with E-state index in [4.69, 9.17) is 11.6 Å². The molecule has 4 rings (SSSR count). The van der Waals surface area contributed by atoms with Gasteiger partial charge in [0, 0.05) is 17.1 Å². The van der Waals surface area contributed by atoms with E-state index in [1.807, 2.05) is 6.92 Å². The van der Waals surface area contributed by atoms with Crippen LogP contribution in [0.3, 0.4) is 0 Å². The molecule has 3 aliphatic rings. The van der Waals surface area contributed by atoms with Crippen molar-refractivity contribution in [2.24, 2.45) is 5.92 Å². The third kappa shape index (κ3) is 1.84. The monoisotopic (exact) mass is 333 g/mol. The number of halogens is 1. The van der Waals surface area contributed by atoms with Gasteiger partial charge in [-0.25, -0.2) is 4.79 Å².